The summed E-state index contributed by atoms with van der Waals surface area (Å²) >= 11 is 0. The summed E-state index contributed by atoms with van der Waals surface area (Å²) in [5, 5.41) is 13.2. The number of likely N-dealkylation sites (tertiary alicyclic amines) is 1. The van der Waals surface area contributed by atoms with Gasteiger partial charge in [-0.1, -0.05) is 0 Å². The molecule has 1 saturated heterocycles. The minimum Gasteiger partial charge on any atom is -0.497 e. The molecule has 0 aliphatic carbocycles. The van der Waals surface area contributed by atoms with Crippen LogP contribution in [0, 0.1) is 10.1 Å². The van der Waals surface area contributed by atoms with E-state index in [0.29, 0.717) is 22.5 Å². The number of rotatable bonds is 4. The maximum Gasteiger partial charge on any atom is 0.410 e. The minimum absolute atomic E-state index is 0.0894. The molecular weight excluding hydrogens is 388 g/mol. The van der Waals surface area contributed by atoms with Gasteiger partial charge in [0.05, 0.1) is 23.7 Å². The molecule has 0 radical (unpaired) electrons. The standard InChI is InChI=1S/C22H24N2O6/c1-13-5-4-6-14(2)23(13)22(25)29-12-15-9-18-17-8-7-16(28-3)10-20(17)30-21(18)11-19(15)24(26)27/h7-11,13-14H,4-6,12H2,1-3H3. The predicted octanol–water partition coefficient (Wildman–Crippen LogP) is 5.40. The lowest BCUT2D eigenvalue weighted by molar-refractivity contribution is -0.385. The van der Waals surface area contributed by atoms with E-state index in [9.17, 15) is 14.9 Å². The molecule has 1 aromatic heterocycles. The number of benzene rings is 2. The van der Waals surface area contributed by atoms with Gasteiger partial charge >= 0.3 is 6.09 Å². The van der Waals surface area contributed by atoms with E-state index < -0.39 is 11.0 Å². The maximum absolute atomic E-state index is 12.7. The molecule has 1 fully saturated rings. The molecule has 158 valence electrons. The first-order valence-electron chi connectivity index (χ1n) is 10.0. The summed E-state index contributed by atoms with van der Waals surface area (Å²) in [5.74, 6) is 0.634. The third-order valence-electron chi connectivity index (χ3n) is 5.83. The average molecular weight is 412 g/mol. The van der Waals surface area contributed by atoms with Gasteiger partial charge in [0.2, 0.25) is 0 Å². The Labute approximate surface area is 173 Å². The molecule has 1 amide bonds. The number of nitro groups is 1. The Bertz CT molecular complexity index is 1110. The van der Waals surface area contributed by atoms with Crippen molar-refractivity contribution in [2.24, 2.45) is 0 Å². The number of furan rings is 1. The fourth-order valence-electron chi connectivity index (χ4n) is 4.24. The summed E-state index contributed by atoms with van der Waals surface area (Å²) in [6, 6.07) is 8.62. The van der Waals surface area contributed by atoms with Gasteiger partial charge < -0.3 is 18.8 Å². The van der Waals surface area contributed by atoms with Gasteiger partial charge in [-0.15, -0.1) is 0 Å². The maximum atomic E-state index is 12.7. The van der Waals surface area contributed by atoms with Gasteiger partial charge in [-0.3, -0.25) is 10.1 Å². The second-order valence-electron chi connectivity index (χ2n) is 7.79. The largest absolute Gasteiger partial charge is 0.497 e. The first-order chi connectivity index (χ1) is 14.4. The number of ether oxygens (including phenoxy) is 2. The number of hydrogen-bond acceptors (Lipinski definition) is 6. The molecule has 1 aliphatic rings. The summed E-state index contributed by atoms with van der Waals surface area (Å²) < 4.78 is 16.5. The van der Waals surface area contributed by atoms with Crippen molar-refractivity contribution in [3.63, 3.8) is 0 Å². The van der Waals surface area contributed by atoms with Crippen LogP contribution in [0.4, 0.5) is 10.5 Å². The normalized spacial score (nSPS) is 19.2. The van der Waals surface area contributed by atoms with Crippen molar-refractivity contribution in [1.82, 2.24) is 4.90 Å². The molecule has 0 bridgehead atoms. The van der Waals surface area contributed by atoms with Crippen LogP contribution in [-0.2, 0) is 11.3 Å². The third-order valence-corrected chi connectivity index (χ3v) is 5.83. The molecule has 1 aliphatic heterocycles. The van der Waals surface area contributed by atoms with Gasteiger partial charge in [-0.2, -0.15) is 0 Å². The fraction of sp³-hybridized carbons (Fsp3) is 0.409. The number of hydrogen-bond donors (Lipinski definition) is 0. The van der Waals surface area contributed by atoms with Gasteiger partial charge in [-0.05, 0) is 51.3 Å². The van der Waals surface area contributed by atoms with Crippen LogP contribution >= 0.6 is 0 Å². The highest BCUT2D eigenvalue weighted by atomic mass is 16.6. The summed E-state index contributed by atoms with van der Waals surface area (Å²) in [4.78, 5) is 25.5. The third kappa shape index (κ3) is 3.53. The van der Waals surface area contributed by atoms with Gasteiger partial charge in [-0.25, -0.2) is 4.79 Å². The summed E-state index contributed by atoms with van der Waals surface area (Å²) in [5.41, 5.74) is 1.17. The van der Waals surface area contributed by atoms with Crippen molar-refractivity contribution >= 4 is 33.7 Å². The zero-order valence-corrected chi connectivity index (χ0v) is 17.2. The number of amides is 1. The van der Waals surface area contributed by atoms with Crippen LogP contribution < -0.4 is 4.74 Å². The Hall–Kier alpha value is -3.29. The van der Waals surface area contributed by atoms with E-state index >= 15 is 0 Å². The van der Waals surface area contributed by atoms with Crippen molar-refractivity contribution in [3.8, 4) is 5.75 Å². The van der Waals surface area contributed by atoms with Gasteiger partial charge in [0, 0.05) is 28.9 Å². The Balaban J connectivity index is 1.66. The Kier molecular flexibility index (Phi) is 5.24. The van der Waals surface area contributed by atoms with E-state index in [1.54, 1.807) is 30.2 Å². The zero-order valence-electron chi connectivity index (χ0n) is 17.2. The van der Waals surface area contributed by atoms with Crippen molar-refractivity contribution in [2.75, 3.05) is 7.11 Å². The van der Waals surface area contributed by atoms with Gasteiger partial charge in [0.1, 0.15) is 23.5 Å². The monoisotopic (exact) mass is 412 g/mol. The van der Waals surface area contributed by atoms with Crippen LogP contribution in [-0.4, -0.2) is 35.1 Å². The lowest BCUT2D eigenvalue weighted by atomic mass is 9.98. The van der Waals surface area contributed by atoms with Gasteiger partial charge in [0.15, 0.2) is 0 Å². The van der Waals surface area contributed by atoms with E-state index in [4.69, 9.17) is 13.9 Å². The van der Waals surface area contributed by atoms with Crippen LogP contribution in [0.3, 0.4) is 0 Å². The summed E-state index contributed by atoms with van der Waals surface area (Å²) in [6.45, 7) is 3.82. The number of nitro benzene ring substituents is 1. The van der Waals surface area contributed by atoms with Crippen molar-refractivity contribution in [1.29, 1.82) is 0 Å². The molecule has 3 aromatic rings. The highest BCUT2D eigenvalue weighted by molar-refractivity contribution is 6.06. The second-order valence-corrected chi connectivity index (χ2v) is 7.79. The van der Waals surface area contributed by atoms with Crippen LogP contribution in [0.2, 0.25) is 0 Å². The van der Waals surface area contributed by atoms with Crippen molar-refractivity contribution < 1.29 is 23.6 Å². The van der Waals surface area contributed by atoms with Crippen molar-refractivity contribution in [3.05, 3.63) is 46.0 Å². The zero-order chi connectivity index (χ0) is 21.4. The van der Waals surface area contributed by atoms with E-state index in [2.05, 4.69) is 0 Å². The first-order valence-corrected chi connectivity index (χ1v) is 10.0. The van der Waals surface area contributed by atoms with E-state index in [1.165, 1.54) is 6.07 Å². The molecule has 8 heteroatoms. The van der Waals surface area contributed by atoms with Crippen LogP contribution in [0.25, 0.3) is 21.9 Å². The number of piperidine rings is 1. The molecule has 30 heavy (non-hydrogen) atoms. The number of nitrogens with zero attached hydrogens (tertiary/aromatic N) is 2. The van der Waals surface area contributed by atoms with E-state index in [0.717, 1.165) is 30.0 Å². The quantitative estimate of drug-likeness (QED) is 0.420. The van der Waals surface area contributed by atoms with Crippen LogP contribution in [0.5, 0.6) is 5.75 Å². The average Bonchev–Trinajstić information content (AvgIpc) is 3.07. The molecule has 2 aromatic carbocycles. The second kappa shape index (κ2) is 7.85. The summed E-state index contributed by atoms with van der Waals surface area (Å²) in [6.07, 6.45) is 2.49. The lowest BCUT2D eigenvalue weighted by Gasteiger charge is -2.37. The fourth-order valence-corrected chi connectivity index (χ4v) is 4.24. The van der Waals surface area contributed by atoms with Crippen LogP contribution in [0.1, 0.15) is 38.7 Å². The minimum atomic E-state index is -0.484. The Morgan fingerprint density at radius 2 is 1.87 bits per heavy atom. The highest BCUT2D eigenvalue weighted by Gasteiger charge is 2.30. The molecule has 8 nitrogen and oxygen atoms in total. The molecule has 0 saturated carbocycles. The smallest absolute Gasteiger partial charge is 0.410 e. The Morgan fingerprint density at radius 1 is 1.17 bits per heavy atom. The SMILES string of the molecule is COc1ccc2c(c1)oc1cc([N+](=O)[O-])c(COC(=O)N3C(C)CCCC3C)cc12. The topological polar surface area (TPSA) is 95.0 Å². The number of carbonyl (C=O) groups is 1. The summed E-state index contributed by atoms with van der Waals surface area (Å²) in [7, 11) is 1.56. The Morgan fingerprint density at radius 3 is 2.53 bits per heavy atom. The van der Waals surface area contributed by atoms with Gasteiger partial charge in [0.25, 0.3) is 5.69 Å². The molecule has 0 N–H and O–H groups in total. The molecule has 4 rings (SSSR count). The molecule has 2 atom stereocenters. The van der Waals surface area contributed by atoms with Crippen LogP contribution in [0.15, 0.2) is 34.7 Å². The van der Waals surface area contributed by atoms with E-state index in [-0.39, 0.29) is 24.4 Å². The van der Waals surface area contributed by atoms with Crippen molar-refractivity contribution in [2.45, 2.75) is 51.8 Å². The predicted molar refractivity (Wildman–Crippen MR) is 112 cm³/mol. The molecular formula is C22H24N2O6. The number of methoxy groups -OCH3 is 1. The molecule has 0 spiro atoms. The number of carbonyl (C=O) groups excluding carboxylic acids is 1. The van der Waals surface area contributed by atoms with E-state index in [1.807, 2.05) is 19.9 Å². The molecule has 2 heterocycles. The first kappa shape index (κ1) is 20.0. The lowest BCUT2D eigenvalue weighted by Crippen LogP contribution is -2.47. The number of fused-ring (bicyclic) bond motifs is 3. The highest BCUT2D eigenvalue weighted by Crippen LogP contribution is 2.35. The molecule has 2 unspecified atom stereocenters.